The Balaban J connectivity index is 2.26. The average Bonchev–Trinajstić information content (AvgIpc) is 2.99. The largest absolute Gasteiger partial charge is 0.493 e. The number of imidazole rings is 1. The first-order valence-corrected chi connectivity index (χ1v) is 8.25. The average molecular weight is 335 g/mol. The minimum Gasteiger partial charge on any atom is -0.493 e. The Bertz CT molecular complexity index is 700. The summed E-state index contributed by atoms with van der Waals surface area (Å²) in [6.07, 6.45) is 5.32. The lowest BCUT2D eigenvalue weighted by Crippen LogP contribution is -2.26. The predicted molar refractivity (Wildman–Crippen MR) is 90.3 cm³/mol. The number of ether oxygens (including phenoxy) is 2. The third-order valence-corrected chi connectivity index (χ3v) is 4.28. The first kappa shape index (κ1) is 17.2. The van der Waals surface area contributed by atoms with Crippen LogP contribution in [0, 0.1) is 0 Å². The number of amides is 1. The fourth-order valence-electron chi connectivity index (χ4n) is 2.26. The van der Waals surface area contributed by atoms with E-state index in [0.29, 0.717) is 23.7 Å². The van der Waals surface area contributed by atoms with Gasteiger partial charge in [-0.3, -0.25) is 4.79 Å². The Kier molecular flexibility index (Phi) is 5.54. The molecule has 0 aliphatic carbocycles. The topological polar surface area (TPSA) is 56.6 Å². The summed E-state index contributed by atoms with van der Waals surface area (Å²) in [4.78, 5) is 19.2. The number of aromatic nitrogens is 2. The maximum atomic E-state index is 12.4. The number of hydrogen-bond acceptors (Lipinski definition) is 5. The van der Waals surface area contributed by atoms with Gasteiger partial charge >= 0.3 is 0 Å². The zero-order valence-electron chi connectivity index (χ0n) is 14.0. The zero-order chi connectivity index (χ0) is 17.0. The van der Waals surface area contributed by atoms with Gasteiger partial charge < -0.3 is 18.9 Å². The minimum absolute atomic E-state index is 0.118. The number of aryl methyl sites for hydroxylation is 1. The molecular formula is C16H21N3O3S. The van der Waals surface area contributed by atoms with Gasteiger partial charge in [0.25, 0.3) is 5.91 Å². The molecule has 0 radical (unpaired) electrons. The van der Waals surface area contributed by atoms with E-state index in [0.717, 1.165) is 10.5 Å². The Morgan fingerprint density at radius 1 is 1.30 bits per heavy atom. The summed E-state index contributed by atoms with van der Waals surface area (Å²) in [5.41, 5.74) is 1.43. The molecule has 0 N–H and O–H groups in total. The van der Waals surface area contributed by atoms with E-state index in [2.05, 4.69) is 4.98 Å². The van der Waals surface area contributed by atoms with Crippen LogP contribution in [0.1, 0.15) is 16.1 Å². The molecule has 0 bridgehead atoms. The van der Waals surface area contributed by atoms with Gasteiger partial charge in [0.2, 0.25) is 0 Å². The molecule has 6 nitrogen and oxygen atoms in total. The van der Waals surface area contributed by atoms with E-state index in [9.17, 15) is 4.79 Å². The van der Waals surface area contributed by atoms with Crippen LogP contribution in [0.25, 0.3) is 0 Å². The van der Waals surface area contributed by atoms with Gasteiger partial charge in [0, 0.05) is 31.7 Å². The summed E-state index contributed by atoms with van der Waals surface area (Å²) in [6, 6.07) is 3.84. The van der Waals surface area contributed by atoms with Crippen LogP contribution in [0.4, 0.5) is 0 Å². The van der Waals surface area contributed by atoms with Crippen molar-refractivity contribution in [2.75, 3.05) is 27.5 Å². The third-order valence-electron chi connectivity index (χ3n) is 3.46. The van der Waals surface area contributed by atoms with Gasteiger partial charge in [-0.15, -0.1) is 11.8 Å². The van der Waals surface area contributed by atoms with Crippen LogP contribution >= 0.6 is 11.8 Å². The highest BCUT2D eigenvalue weighted by atomic mass is 32.2. The van der Waals surface area contributed by atoms with Crippen LogP contribution in [0.2, 0.25) is 0 Å². The SMILES string of the molecule is COc1cc(CN(C)C(=O)c2cn(C)cn2)c(SC)cc1OC. The molecule has 0 unspecified atom stereocenters. The lowest BCUT2D eigenvalue weighted by molar-refractivity contribution is 0.0778. The van der Waals surface area contributed by atoms with Crippen molar-refractivity contribution >= 4 is 17.7 Å². The van der Waals surface area contributed by atoms with Crippen molar-refractivity contribution in [2.45, 2.75) is 11.4 Å². The highest BCUT2D eigenvalue weighted by Crippen LogP contribution is 2.35. The lowest BCUT2D eigenvalue weighted by Gasteiger charge is -2.19. The monoisotopic (exact) mass is 335 g/mol. The normalized spacial score (nSPS) is 10.5. The van der Waals surface area contributed by atoms with E-state index in [1.807, 2.05) is 25.4 Å². The number of methoxy groups -OCH3 is 2. The van der Waals surface area contributed by atoms with Crippen molar-refractivity contribution in [3.63, 3.8) is 0 Å². The van der Waals surface area contributed by atoms with Crippen molar-refractivity contribution < 1.29 is 14.3 Å². The van der Waals surface area contributed by atoms with Gasteiger partial charge in [-0.05, 0) is 24.0 Å². The van der Waals surface area contributed by atoms with Crippen LogP contribution < -0.4 is 9.47 Å². The van der Waals surface area contributed by atoms with Crippen molar-refractivity contribution in [3.05, 3.63) is 35.9 Å². The molecule has 124 valence electrons. The minimum atomic E-state index is -0.118. The maximum Gasteiger partial charge on any atom is 0.274 e. The van der Waals surface area contributed by atoms with E-state index in [1.54, 1.807) is 55.0 Å². The molecule has 23 heavy (non-hydrogen) atoms. The molecule has 2 aromatic rings. The molecule has 0 aliphatic rings. The van der Waals surface area contributed by atoms with Gasteiger partial charge in [0.15, 0.2) is 11.5 Å². The van der Waals surface area contributed by atoms with Gasteiger partial charge in [-0.25, -0.2) is 4.98 Å². The summed E-state index contributed by atoms with van der Waals surface area (Å²) >= 11 is 1.60. The summed E-state index contributed by atoms with van der Waals surface area (Å²) in [6.45, 7) is 0.464. The molecule has 0 aliphatic heterocycles. The van der Waals surface area contributed by atoms with E-state index < -0.39 is 0 Å². The van der Waals surface area contributed by atoms with E-state index >= 15 is 0 Å². The molecule has 7 heteroatoms. The van der Waals surface area contributed by atoms with E-state index in [4.69, 9.17) is 9.47 Å². The summed E-state index contributed by atoms with van der Waals surface area (Å²) < 4.78 is 12.4. The Morgan fingerprint density at radius 3 is 2.48 bits per heavy atom. The highest BCUT2D eigenvalue weighted by molar-refractivity contribution is 7.98. The second-order valence-electron chi connectivity index (χ2n) is 5.10. The Morgan fingerprint density at radius 2 is 1.96 bits per heavy atom. The fourth-order valence-corrected chi connectivity index (χ4v) is 2.87. The first-order chi connectivity index (χ1) is 11.0. The molecular weight excluding hydrogens is 314 g/mol. The smallest absolute Gasteiger partial charge is 0.274 e. The van der Waals surface area contributed by atoms with Crippen molar-refractivity contribution in [3.8, 4) is 11.5 Å². The fraction of sp³-hybridized carbons (Fsp3) is 0.375. The molecule has 1 aromatic carbocycles. The highest BCUT2D eigenvalue weighted by Gasteiger charge is 2.18. The molecule has 2 rings (SSSR count). The van der Waals surface area contributed by atoms with E-state index in [-0.39, 0.29) is 5.91 Å². The molecule has 1 amide bonds. The molecule has 0 fully saturated rings. The van der Waals surface area contributed by atoms with Crippen LogP contribution in [-0.2, 0) is 13.6 Å². The van der Waals surface area contributed by atoms with Gasteiger partial charge in [-0.1, -0.05) is 0 Å². The van der Waals surface area contributed by atoms with Crippen molar-refractivity contribution in [1.82, 2.24) is 14.5 Å². The summed E-state index contributed by atoms with van der Waals surface area (Å²) in [5, 5.41) is 0. The number of benzene rings is 1. The quantitative estimate of drug-likeness (QED) is 0.759. The maximum absolute atomic E-state index is 12.4. The molecule has 0 spiro atoms. The van der Waals surface area contributed by atoms with Gasteiger partial charge in [-0.2, -0.15) is 0 Å². The molecule has 1 heterocycles. The molecule has 0 saturated carbocycles. The molecule has 0 saturated heterocycles. The lowest BCUT2D eigenvalue weighted by atomic mass is 10.2. The molecule has 0 atom stereocenters. The standard InChI is InChI=1S/C16H21N3O3S/c1-18-9-12(17-10-18)16(20)19(2)8-11-6-13(21-3)14(22-4)7-15(11)23-5/h6-7,9-10H,8H2,1-5H3. The summed E-state index contributed by atoms with van der Waals surface area (Å²) in [7, 11) is 6.81. The number of carbonyl (C=O) groups excluding carboxylic acids is 1. The second-order valence-corrected chi connectivity index (χ2v) is 5.95. The van der Waals surface area contributed by atoms with Crippen molar-refractivity contribution in [1.29, 1.82) is 0 Å². The van der Waals surface area contributed by atoms with Gasteiger partial charge in [0.05, 0.1) is 20.5 Å². The number of rotatable bonds is 6. The zero-order valence-corrected chi connectivity index (χ0v) is 14.8. The Labute approximate surface area is 140 Å². The Hall–Kier alpha value is -2.15. The first-order valence-electron chi connectivity index (χ1n) is 7.02. The predicted octanol–water partition coefficient (Wildman–Crippen LogP) is 2.43. The van der Waals surface area contributed by atoms with Crippen LogP contribution in [0.5, 0.6) is 11.5 Å². The second kappa shape index (κ2) is 7.41. The summed E-state index contributed by atoms with van der Waals surface area (Å²) in [5.74, 6) is 1.21. The van der Waals surface area contributed by atoms with Gasteiger partial charge in [0.1, 0.15) is 5.69 Å². The number of carbonyl (C=O) groups is 1. The molecule has 1 aromatic heterocycles. The van der Waals surface area contributed by atoms with Crippen LogP contribution in [0.3, 0.4) is 0 Å². The number of hydrogen-bond donors (Lipinski definition) is 0. The number of thioether (sulfide) groups is 1. The van der Waals surface area contributed by atoms with Crippen molar-refractivity contribution in [2.24, 2.45) is 7.05 Å². The van der Waals surface area contributed by atoms with E-state index in [1.165, 1.54) is 0 Å². The number of nitrogens with zero attached hydrogens (tertiary/aromatic N) is 3. The third kappa shape index (κ3) is 3.79. The van der Waals surface area contributed by atoms with Crippen LogP contribution in [-0.4, -0.2) is 47.9 Å². The van der Waals surface area contributed by atoms with Crippen LogP contribution in [0.15, 0.2) is 29.6 Å².